The van der Waals surface area contributed by atoms with Crippen molar-refractivity contribution in [2.24, 2.45) is 5.73 Å². The highest BCUT2D eigenvalue weighted by Crippen LogP contribution is 2.30. The average molecular weight is 432 g/mol. The SMILES string of the molecule is COc1nc2c(C(N)=O)cccc2n1-c1ncc(OC(C)C)c(NCc2ccccc2)n1. The summed E-state index contributed by atoms with van der Waals surface area (Å²) in [6.45, 7) is 4.43. The molecule has 9 heteroatoms. The first-order chi connectivity index (χ1) is 15.5. The first-order valence-corrected chi connectivity index (χ1v) is 10.1. The van der Waals surface area contributed by atoms with Gasteiger partial charge in [-0.3, -0.25) is 4.79 Å². The molecule has 0 unspecified atom stereocenters. The Balaban J connectivity index is 1.81. The van der Waals surface area contributed by atoms with Gasteiger partial charge in [-0.05, 0) is 31.5 Å². The zero-order valence-electron chi connectivity index (χ0n) is 18.1. The van der Waals surface area contributed by atoms with E-state index in [1.165, 1.54) is 7.11 Å². The van der Waals surface area contributed by atoms with Crippen LogP contribution in [0, 0.1) is 0 Å². The van der Waals surface area contributed by atoms with Crippen molar-refractivity contribution in [3.8, 4) is 17.7 Å². The van der Waals surface area contributed by atoms with E-state index in [0.717, 1.165) is 5.56 Å². The van der Waals surface area contributed by atoms with E-state index in [2.05, 4.69) is 15.3 Å². The summed E-state index contributed by atoms with van der Waals surface area (Å²) in [5.41, 5.74) is 7.93. The van der Waals surface area contributed by atoms with E-state index >= 15 is 0 Å². The average Bonchev–Trinajstić information content (AvgIpc) is 3.17. The van der Waals surface area contributed by atoms with Crippen molar-refractivity contribution in [1.82, 2.24) is 19.5 Å². The van der Waals surface area contributed by atoms with Gasteiger partial charge in [0.15, 0.2) is 11.6 Å². The molecule has 2 heterocycles. The molecule has 1 amide bonds. The molecule has 0 aliphatic carbocycles. The van der Waals surface area contributed by atoms with Crippen molar-refractivity contribution < 1.29 is 14.3 Å². The molecule has 32 heavy (non-hydrogen) atoms. The Labute approximate surface area is 185 Å². The van der Waals surface area contributed by atoms with Gasteiger partial charge >= 0.3 is 6.01 Å². The summed E-state index contributed by atoms with van der Waals surface area (Å²) in [7, 11) is 1.49. The van der Waals surface area contributed by atoms with Crippen LogP contribution >= 0.6 is 0 Å². The molecule has 0 aliphatic heterocycles. The van der Waals surface area contributed by atoms with Crippen LogP contribution in [0.3, 0.4) is 0 Å². The lowest BCUT2D eigenvalue weighted by molar-refractivity contribution is 0.100. The molecule has 0 aliphatic rings. The van der Waals surface area contributed by atoms with Gasteiger partial charge in [0.2, 0.25) is 5.95 Å². The Morgan fingerprint density at radius 2 is 1.91 bits per heavy atom. The van der Waals surface area contributed by atoms with Crippen LogP contribution in [-0.2, 0) is 6.54 Å². The van der Waals surface area contributed by atoms with Crippen LogP contribution in [0.1, 0.15) is 29.8 Å². The predicted octanol–water partition coefficient (Wildman–Crippen LogP) is 3.32. The maximum atomic E-state index is 11.9. The second-order valence-corrected chi connectivity index (χ2v) is 7.36. The quantitative estimate of drug-likeness (QED) is 0.438. The lowest BCUT2D eigenvalue weighted by Crippen LogP contribution is -2.13. The minimum atomic E-state index is -0.574. The number of para-hydroxylation sites is 1. The largest absolute Gasteiger partial charge is 0.486 e. The van der Waals surface area contributed by atoms with Crippen LogP contribution in [0.2, 0.25) is 0 Å². The number of imidazole rings is 1. The standard InChI is InChI=1S/C23H24N6O3/c1-14(2)32-18-13-26-22(28-21(18)25-12-15-8-5-4-6-9-15)29-17-11-7-10-16(20(24)30)19(17)27-23(29)31-3/h4-11,13-14H,12H2,1-3H3,(H2,24,30)(H,25,26,28). The Morgan fingerprint density at radius 3 is 2.59 bits per heavy atom. The second-order valence-electron chi connectivity index (χ2n) is 7.36. The van der Waals surface area contributed by atoms with Crippen LogP contribution in [0.5, 0.6) is 11.8 Å². The van der Waals surface area contributed by atoms with Gasteiger partial charge in [0.05, 0.1) is 30.5 Å². The lowest BCUT2D eigenvalue weighted by Gasteiger charge is -2.16. The smallest absolute Gasteiger partial charge is 0.304 e. The third-order valence-electron chi connectivity index (χ3n) is 4.71. The summed E-state index contributed by atoms with van der Waals surface area (Å²) in [6, 6.07) is 15.4. The molecule has 4 rings (SSSR count). The number of hydrogen-bond acceptors (Lipinski definition) is 7. The summed E-state index contributed by atoms with van der Waals surface area (Å²) in [5, 5.41) is 3.33. The van der Waals surface area contributed by atoms with Crippen molar-refractivity contribution in [2.45, 2.75) is 26.5 Å². The molecular formula is C23H24N6O3. The maximum absolute atomic E-state index is 11.9. The lowest BCUT2D eigenvalue weighted by atomic mass is 10.2. The van der Waals surface area contributed by atoms with Crippen molar-refractivity contribution in [3.05, 3.63) is 65.9 Å². The second kappa shape index (κ2) is 8.93. The zero-order valence-corrected chi connectivity index (χ0v) is 18.1. The summed E-state index contributed by atoms with van der Waals surface area (Å²) in [4.78, 5) is 25.5. The molecule has 0 atom stereocenters. The minimum Gasteiger partial charge on any atom is -0.486 e. The highest BCUT2D eigenvalue weighted by Gasteiger charge is 2.21. The molecule has 9 nitrogen and oxygen atoms in total. The minimum absolute atomic E-state index is 0.0524. The van der Waals surface area contributed by atoms with Gasteiger partial charge in [0.25, 0.3) is 5.91 Å². The number of nitrogens with zero attached hydrogens (tertiary/aromatic N) is 4. The van der Waals surface area contributed by atoms with Gasteiger partial charge in [0.1, 0.15) is 5.52 Å². The van der Waals surface area contributed by atoms with E-state index in [4.69, 9.17) is 20.2 Å². The summed E-state index contributed by atoms with van der Waals surface area (Å²) in [5.74, 6) is 0.802. The molecule has 164 valence electrons. The van der Waals surface area contributed by atoms with E-state index in [-0.39, 0.29) is 12.1 Å². The first-order valence-electron chi connectivity index (χ1n) is 10.1. The fraction of sp³-hybridized carbons (Fsp3) is 0.217. The monoisotopic (exact) mass is 432 g/mol. The highest BCUT2D eigenvalue weighted by molar-refractivity contribution is 6.04. The number of anilines is 1. The molecule has 0 saturated carbocycles. The van der Waals surface area contributed by atoms with E-state index in [0.29, 0.717) is 40.7 Å². The van der Waals surface area contributed by atoms with E-state index in [9.17, 15) is 4.79 Å². The third-order valence-corrected chi connectivity index (χ3v) is 4.71. The fourth-order valence-electron chi connectivity index (χ4n) is 3.32. The number of fused-ring (bicyclic) bond motifs is 1. The molecule has 0 bridgehead atoms. The highest BCUT2D eigenvalue weighted by atomic mass is 16.5. The zero-order chi connectivity index (χ0) is 22.7. The number of carbonyl (C=O) groups is 1. The van der Waals surface area contributed by atoms with Crippen molar-refractivity contribution in [1.29, 1.82) is 0 Å². The van der Waals surface area contributed by atoms with Gasteiger partial charge < -0.3 is 20.5 Å². The van der Waals surface area contributed by atoms with Gasteiger partial charge in [-0.15, -0.1) is 0 Å². The molecule has 4 aromatic rings. The molecular weight excluding hydrogens is 408 g/mol. The molecule has 0 saturated heterocycles. The number of rotatable bonds is 8. The number of primary amides is 1. The van der Waals surface area contributed by atoms with E-state index in [1.807, 2.05) is 44.2 Å². The Bertz CT molecular complexity index is 1250. The number of amides is 1. The Kier molecular flexibility index (Phi) is 5.89. The number of methoxy groups -OCH3 is 1. The third kappa shape index (κ3) is 4.18. The Hall–Kier alpha value is -4.14. The molecule has 0 spiro atoms. The molecule has 2 aromatic carbocycles. The first kappa shape index (κ1) is 21.1. The van der Waals surface area contributed by atoms with Crippen molar-refractivity contribution >= 4 is 22.8 Å². The van der Waals surface area contributed by atoms with Crippen molar-refractivity contribution in [2.75, 3.05) is 12.4 Å². The maximum Gasteiger partial charge on any atom is 0.304 e. The molecule has 2 aromatic heterocycles. The Morgan fingerprint density at radius 1 is 1.12 bits per heavy atom. The van der Waals surface area contributed by atoms with E-state index in [1.54, 1.807) is 29.0 Å². The van der Waals surface area contributed by atoms with Gasteiger partial charge in [-0.1, -0.05) is 36.4 Å². The summed E-state index contributed by atoms with van der Waals surface area (Å²) < 4.78 is 13.0. The van der Waals surface area contributed by atoms with Crippen LogP contribution in [-0.4, -0.2) is 38.6 Å². The van der Waals surface area contributed by atoms with Crippen LogP contribution < -0.4 is 20.5 Å². The molecule has 3 N–H and O–H groups in total. The number of ether oxygens (including phenoxy) is 2. The normalized spacial score (nSPS) is 11.0. The number of nitrogens with one attached hydrogen (secondary N) is 1. The number of hydrogen-bond donors (Lipinski definition) is 2. The van der Waals surface area contributed by atoms with E-state index < -0.39 is 5.91 Å². The van der Waals surface area contributed by atoms with Crippen molar-refractivity contribution in [3.63, 3.8) is 0 Å². The molecule has 0 radical (unpaired) electrons. The topological polar surface area (TPSA) is 117 Å². The van der Waals surface area contributed by atoms with Gasteiger partial charge in [-0.25, -0.2) is 9.55 Å². The fourth-order valence-corrected chi connectivity index (χ4v) is 3.32. The van der Waals surface area contributed by atoms with Gasteiger partial charge in [-0.2, -0.15) is 9.97 Å². The number of carbonyl (C=O) groups excluding carboxylic acids is 1. The van der Waals surface area contributed by atoms with Gasteiger partial charge in [0, 0.05) is 6.54 Å². The van der Waals surface area contributed by atoms with Crippen LogP contribution in [0.25, 0.3) is 17.0 Å². The number of benzene rings is 2. The van der Waals surface area contributed by atoms with Crippen LogP contribution in [0.15, 0.2) is 54.7 Å². The summed E-state index contributed by atoms with van der Waals surface area (Å²) in [6.07, 6.45) is 1.56. The molecule has 0 fully saturated rings. The summed E-state index contributed by atoms with van der Waals surface area (Å²) >= 11 is 0. The number of aromatic nitrogens is 4. The van der Waals surface area contributed by atoms with Crippen LogP contribution in [0.4, 0.5) is 5.82 Å². The predicted molar refractivity (Wildman–Crippen MR) is 121 cm³/mol. The number of nitrogens with two attached hydrogens (primary N) is 1.